The van der Waals surface area contributed by atoms with E-state index in [1.165, 1.54) is 0 Å². The number of halogens is 2. The average molecular weight is 365 g/mol. The Morgan fingerprint density at radius 1 is 1.25 bits per heavy atom. The predicted molar refractivity (Wildman–Crippen MR) is 93.5 cm³/mol. The fourth-order valence-electron chi connectivity index (χ4n) is 2.82. The van der Waals surface area contributed by atoms with Crippen molar-refractivity contribution in [2.24, 2.45) is 0 Å². The van der Waals surface area contributed by atoms with Crippen molar-refractivity contribution in [3.05, 3.63) is 40.1 Å². The maximum absolute atomic E-state index is 6.12. The molecule has 0 radical (unpaired) electrons. The number of anilines is 2. The number of ether oxygens (including phenoxy) is 1. The summed E-state index contributed by atoms with van der Waals surface area (Å²) >= 11 is 12.1. The van der Waals surface area contributed by atoms with Crippen LogP contribution in [0.3, 0.4) is 0 Å². The molecule has 1 fully saturated rings. The van der Waals surface area contributed by atoms with Gasteiger partial charge in [-0.1, -0.05) is 29.3 Å². The number of aromatic nitrogens is 4. The number of benzene rings is 1. The monoisotopic (exact) mass is 364 g/mol. The highest BCUT2D eigenvalue weighted by Crippen LogP contribution is 2.31. The maximum Gasteiger partial charge on any atom is 0.224 e. The summed E-state index contributed by atoms with van der Waals surface area (Å²) in [5.74, 6) is 0.922. The van der Waals surface area contributed by atoms with Gasteiger partial charge in [-0.25, -0.2) is 4.98 Å². The average Bonchev–Trinajstić information content (AvgIpc) is 3.05. The number of nitrogen functional groups attached to an aromatic ring is 1. The summed E-state index contributed by atoms with van der Waals surface area (Å²) in [5, 5.41) is 1.04. The number of H-pyrrole nitrogens is 1. The van der Waals surface area contributed by atoms with Gasteiger partial charge in [0, 0.05) is 13.1 Å². The van der Waals surface area contributed by atoms with Crippen LogP contribution in [0.4, 0.5) is 11.8 Å². The second-order valence-corrected chi connectivity index (χ2v) is 6.30. The number of imidazole rings is 1. The van der Waals surface area contributed by atoms with Crippen molar-refractivity contribution in [1.82, 2.24) is 19.9 Å². The minimum Gasteiger partial charge on any atom is -0.370 e. The molecule has 4 rings (SSSR count). The van der Waals surface area contributed by atoms with Gasteiger partial charge in [0.15, 0.2) is 11.5 Å². The Bertz CT molecular complexity index is 899. The summed E-state index contributed by atoms with van der Waals surface area (Å²) in [5.41, 5.74) is 8.09. The van der Waals surface area contributed by atoms with Gasteiger partial charge in [-0.2, -0.15) is 9.97 Å². The molecule has 9 heteroatoms. The lowest BCUT2D eigenvalue weighted by molar-refractivity contribution is 0.0396. The van der Waals surface area contributed by atoms with Gasteiger partial charge in [-0.05, 0) is 17.7 Å². The molecular weight excluding hydrogens is 351 g/mol. The predicted octanol–water partition coefficient (Wildman–Crippen LogP) is 2.82. The number of nitrogens with zero attached hydrogens (tertiary/aromatic N) is 4. The van der Waals surface area contributed by atoms with Crippen LogP contribution < -0.4 is 10.6 Å². The van der Waals surface area contributed by atoms with Crippen LogP contribution in [0.1, 0.15) is 11.7 Å². The van der Waals surface area contributed by atoms with Crippen LogP contribution in [0.2, 0.25) is 10.0 Å². The van der Waals surface area contributed by atoms with E-state index in [2.05, 4.69) is 24.8 Å². The second kappa shape index (κ2) is 6.08. The SMILES string of the molecule is Nc1nc(N2CCOC(c3ccc(Cl)c(Cl)c3)C2)c2[nH]cnc2n1. The van der Waals surface area contributed by atoms with E-state index in [-0.39, 0.29) is 12.1 Å². The zero-order valence-electron chi connectivity index (χ0n) is 12.5. The van der Waals surface area contributed by atoms with Crippen LogP contribution in [0.5, 0.6) is 0 Å². The Labute approximate surface area is 147 Å². The standard InChI is InChI=1S/C15H14Cl2N6O/c16-9-2-1-8(5-10(9)17)11-6-23(3-4-24-11)14-12-13(20-7-19-12)21-15(18)22-14/h1-2,5,7,11H,3-4,6H2,(H3,18,19,20,21,22). The van der Waals surface area contributed by atoms with Gasteiger partial charge >= 0.3 is 0 Å². The molecule has 3 N–H and O–H groups in total. The zero-order valence-corrected chi connectivity index (χ0v) is 14.1. The van der Waals surface area contributed by atoms with E-state index in [4.69, 9.17) is 33.7 Å². The van der Waals surface area contributed by atoms with Crippen LogP contribution in [-0.2, 0) is 4.74 Å². The highest BCUT2D eigenvalue weighted by Gasteiger charge is 2.25. The lowest BCUT2D eigenvalue weighted by Crippen LogP contribution is -2.39. The normalized spacial score (nSPS) is 18.2. The Morgan fingerprint density at radius 2 is 2.12 bits per heavy atom. The van der Waals surface area contributed by atoms with E-state index in [0.29, 0.717) is 35.4 Å². The third-order valence-electron chi connectivity index (χ3n) is 3.97. The number of fused-ring (bicyclic) bond motifs is 1. The van der Waals surface area contributed by atoms with Crippen molar-refractivity contribution in [2.75, 3.05) is 30.3 Å². The summed E-state index contributed by atoms with van der Waals surface area (Å²) < 4.78 is 5.89. The minimum atomic E-state index is -0.136. The molecule has 0 saturated carbocycles. The molecule has 3 heterocycles. The molecule has 7 nitrogen and oxygen atoms in total. The van der Waals surface area contributed by atoms with Crippen LogP contribution in [0.15, 0.2) is 24.5 Å². The molecule has 0 spiro atoms. The van der Waals surface area contributed by atoms with Crippen LogP contribution in [-0.4, -0.2) is 39.6 Å². The third kappa shape index (κ3) is 2.75. The first kappa shape index (κ1) is 15.4. The number of rotatable bonds is 2. The number of nitrogens with two attached hydrogens (primary N) is 1. The first-order valence-corrected chi connectivity index (χ1v) is 8.15. The fraction of sp³-hybridized carbons (Fsp3) is 0.267. The summed E-state index contributed by atoms with van der Waals surface area (Å²) in [6, 6.07) is 5.53. The van der Waals surface area contributed by atoms with Crippen molar-refractivity contribution in [3.8, 4) is 0 Å². The van der Waals surface area contributed by atoms with E-state index in [1.54, 1.807) is 12.4 Å². The van der Waals surface area contributed by atoms with E-state index < -0.39 is 0 Å². The second-order valence-electron chi connectivity index (χ2n) is 5.49. The quantitative estimate of drug-likeness (QED) is 0.726. The third-order valence-corrected chi connectivity index (χ3v) is 4.70. The van der Waals surface area contributed by atoms with E-state index in [1.807, 2.05) is 12.1 Å². The summed E-state index contributed by atoms with van der Waals surface area (Å²) in [6.45, 7) is 1.87. The van der Waals surface area contributed by atoms with Gasteiger partial charge in [0.2, 0.25) is 5.95 Å². The van der Waals surface area contributed by atoms with Gasteiger partial charge in [0.25, 0.3) is 0 Å². The summed E-state index contributed by atoms with van der Waals surface area (Å²) in [4.78, 5) is 17.8. The molecule has 1 aromatic carbocycles. The van der Waals surface area contributed by atoms with E-state index >= 15 is 0 Å². The van der Waals surface area contributed by atoms with Crippen molar-refractivity contribution < 1.29 is 4.74 Å². The maximum atomic E-state index is 6.12. The Kier molecular flexibility index (Phi) is 3.91. The molecule has 1 saturated heterocycles. The van der Waals surface area contributed by atoms with Gasteiger partial charge in [0.1, 0.15) is 11.6 Å². The number of aromatic amines is 1. The molecule has 0 aliphatic carbocycles. The smallest absolute Gasteiger partial charge is 0.224 e. The number of hydrogen-bond donors (Lipinski definition) is 2. The number of nitrogens with one attached hydrogen (secondary N) is 1. The van der Waals surface area contributed by atoms with Crippen molar-refractivity contribution in [2.45, 2.75) is 6.10 Å². The molecule has 24 heavy (non-hydrogen) atoms. The van der Waals surface area contributed by atoms with Crippen LogP contribution in [0.25, 0.3) is 11.2 Å². The molecule has 124 valence electrons. The van der Waals surface area contributed by atoms with Gasteiger partial charge in [-0.15, -0.1) is 0 Å². The van der Waals surface area contributed by atoms with Crippen molar-refractivity contribution >= 4 is 46.1 Å². The van der Waals surface area contributed by atoms with Crippen LogP contribution in [0, 0.1) is 0 Å². The molecule has 1 aliphatic rings. The van der Waals surface area contributed by atoms with E-state index in [0.717, 1.165) is 16.9 Å². The molecule has 1 unspecified atom stereocenters. The van der Waals surface area contributed by atoms with Crippen molar-refractivity contribution in [3.63, 3.8) is 0 Å². The molecular formula is C15H14Cl2N6O. The fourth-order valence-corrected chi connectivity index (χ4v) is 3.13. The van der Waals surface area contributed by atoms with Gasteiger partial charge in [0.05, 0.1) is 23.0 Å². The van der Waals surface area contributed by atoms with Crippen LogP contribution >= 0.6 is 23.2 Å². The first-order chi connectivity index (χ1) is 11.6. The lowest BCUT2D eigenvalue weighted by Gasteiger charge is -2.34. The molecule has 1 atom stereocenters. The van der Waals surface area contributed by atoms with Crippen molar-refractivity contribution in [1.29, 1.82) is 0 Å². The molecule has 0 amide bonds. The van der Waals surface area contributed by atoms with Gasteiger partial charge in [-0.3, -0.25) is 0 Å². The molecule has 2 aromatic heterocycles. The number of hydrogen-bond acceptors (Lipinski definition) is 6. The van der Waals surface area contributed by atoms with Gasteiger partial charge < -0.3 is 20.4 Å². The topological polar surface area (TPSA) is 92.9 Å². The zero-order chi connectivity index (χ0) is 16.7. The molecule has 3 aromatic rings. The Hall–Kier alpha value is -2.09. The largest absolute Gasteiger partial charge is 0.370 e. The highest BCUT2D eigenvalue weighted by molar-refractivity contribution is 6.42. The first-order valence-electron chi connectivity index (χ1n) is 7.40. The number of morpholine rings is 1. The van der Waals surface area contributed by atoms with E-state index in [9.17, 15) is 0 Å². The minimum absolute atomic E-state index is 0.136. The molecule has 0 bridgehead atoms. The highest BCUT2D eigenvalue weighted by atomic mass is 35.5. The molecule has 1 aliphatic heterocycles. The lowest BCUT2D eigenvalue weighted by atomic mass is 10.1. The summed E-state index contributed by atoms with van der Waals surface area (Å²) in [7, 11) is 0. The Morgan fingerprint density at radius 3 is 2.96 bits per heavy atom. The summed E-state index contributed by atoms with van der Waals surface area (Å²) in [6.07, 6.45) is 1.45. The Balaban J connectivity index is 1.67.